The van der Waals surface area contributed by atoms with Crippen LogP contribution in [0.3, 0.4) is 0 Å². The van der Waals surface area contributed by atoms with Crippen LogP contribution in [0.25, 0.3) is 0 Å². The Labute approximate surface area is 113 Å². The largest absolute Gasteiger partial charge is 0.409 e. The molecule has 0 radical (unpaired) electrons. The molecule has 0 spiro atoms. The van der Waals surface area contributed by atoms with Gasteiger partial charge in [0.05, 0.1) is 0 Å². The highest BCUT2D eigenvalue weighted by Crippen LogP contribution is 2.19. The van der Waals surface area contributed by atoms with Crippen molar-refractivity contribution in [1.29, 1.82) is 0 Å². The SMILES string of the molecule is Cc1ccc(CN(C)CC(C)/C(N)=N/O)c(Cl)c1. The summed E-state index contributed by atoms with van der Waals surface area (Å²) in [4.78, 5) is 2.10. The third kappa shape index (κ3) is 4.20. The maximum atomic E-state index is 8.61. The van der Waals surface area contributed by atoms with E-state index in [4.69, 9.17) is 22.5 Å². The van der Waals surface area contributed by atoms with Gasteiger partial charge in [0, 0.05) is 24.0 Å². The third-order valence-corrected chi connectivity index (χ3v) is 3.21. The van der Waals surface area contributed by atoms with Gasteiger partial charge in [-0.2, -0.15) is 0 Å². The van der Waals surface area contributed by atoms with Crippen LogP contribution in [0.4, 0.5) is 0 Å². The number of aryl methyl sites for hydroxylation is 1. The van der Waals surface area contributed by atoms with Crippen molar-refractivity contribution in [3.63, 3.8) is 0 Å². The predicted molar refractivity (Wildman–Crippen MR) is 75.1 cm³/mol. The molecule has 5 heteroatoms. The number of oxime groups is 1. The minimum absolute atomic E-state index is 0.00391. The van der Waals surface area contributed by atoms with E-state index < -0.39 is 0 Å². The van der Waals surface area contributed by atoms with E-state index >= 15 is 0 Å². The molecule has 1 aromatic carbocycles. The van der Waals surface area contributed by atoms with Crippen molar-refractivity contribution >= 4 is 17.4 Å². The molecule has 0 saturated heterocycles. The molecular formula is C13H20ClN3O. The van der Waals surface area contributed by atoms with Crippen molar-refractivity contribution in [3.8, 4) is 0 Å². The molecule has 0 bridgehead atoms. The van der Waals surface area contributed by atoms with Crippen LogP contribution in [0.1, 0.15) is 18.1 Å². The second-order valence-corrected chi connectivity index (χ2v) is 5.12. The molecule has 0 aliphatic heterocycles. The highest BCUT2D eigenvalue weighted by Gasteiger charge is 2.12. The van der Waals surface area contributed by atoms with Crippen molar-refractivity contribution in [2.75, 3.05) is 13.6 Å². The minimum Gasteiger partial charge on any atom is -0.409 e. The average Bonchev–Trinajstić information content (AvgIpc) is 2.31. The summed E-state index contributed by atoms with van der Waals surface area (Å²) in [6, 6.07) is 6.03. The van der Waals surface area contributed by atoms with Crippen molar-refractivity contribution in [2.45, 2.75) is 20.4 Å². The Bertz CT molecular complexity index is 434. The van der Waals surface area contributed by atoms with Crippen LogP contribution >= 0.6 is 11.6 Å². The minimum atomic E-state index is 0.00391. The van der Waals surface area contributed by atoms with Gasteiger partial charge in [0.2, 0.25) is 0 Å². The van der Waals surface area contributed by atoms with Crippen LogP contribution in [0.5, 0.6) is 0 Å². The van der Waals surface area contributed by atoms with Gasteiger partial charge in [0.1, 0.15) is 5.84 Å². The summed E-state index contributed by atoms with van der Waals surface area (Å²) >= 11 is 6.18. The molecule has 3 N–H and O–H groups in total. The van der Waals surface area contributed by atoms with E-state index in [0.29, 0.717) is 6.54 Å². The van der Waals surface area contributed by atoms with Gasteiger partial charge in [-0.05, 0) is 31.2 Å². The van der Waals surface area contributed by atoms with Crippen LogP contribution in [0.2, 0.25) is 5.02 Å². The first kappa shape index (κ1) is 14.8. The molecule has 0 fully saturated rings. The number of hydrogen-bond acceptors (Lipinski definition) is 3. The Morgan fingerprint density at radius 3 is 2.78 bits per heavy atom. The van der Waals surface area contributed by atoms with Crippen LogP contribution in [-0.2, 0) is 6.54 Å². The second kappa shape index (κ2) is 6.61. The lowest BCUT2D eigenvalue weighted by Crippen LogP contribution is -2.32. The van der Waals surface area contributed by atoms with E-state index in [2.05, 4.69) is 10.1 Å². The van der Waals surface area contributed by atoms with E-state index in [-0.39, 0.29) is 11.8 Å². The number of rotatable bonds is 5. The van der Waals surface area contributed by atoms with E-state index in [9.17, 15) is 0 Å². The van der Waals surface area contributed by atoms with Crippen LogP contribution < -0.4 is 5.73 Å². The fraction of sp³-hybridized carbons (Fsp3) is 0.462. The fourth-order valence-corrected chi connectivity index (χ4v) is 2.09. The molecule has 100 valence electrons. The molecular weight excluding hydrogens is 250 g/mol. The van der Waals surface area contributed by atoms with E-state index in [1.165, 1.54) is 0 Å². The number of hydrogen-bond donors (Lipinski definition) is 2. The first-order valence-corrected chi connectivity index (χ1v) is 6.22. The quantitative estimate of drug-likeness (QED) is 0.374. The van der Waals surface area contributed by atoms with Gasteiger partial charge in [0.25, 0.3) is 0 Å². The number of halogens is 1. The van der Waals surface area contributed by atoms with Gasteiger partial charge >= 0.3 is 0 Å². The second-order valence-electron chi connectivity index (χ2n) is 4.72. The zero-order valence-corrected chi connectivity index (χ0v) is 11.8. The highest BCUT2D eigenvalue weighted by molar-refractivity contribution is 6.31. The first-order valence-electron chi connectivity index (χ1n) is 5.85. The van der Waals surface area contributed by atoms with Crippen molar-refractivity contribution in [2.24, 2.45) is 16.8 Å². The molecule has 18 heavy (non-hydrogen) atoms. The van der Waals surface area contributed by atoms with Gasteiger partial charge < -0.3 is 15.8 Å². The number of amidine groups is 1. The first-order chi connectivity index (χ1) is 8.43. The maximum absolute atomic E-state index is 8.61. The topological polar surface area (TPSA) is 61.8 Å². The molecule has 1 atom stereocenters. The van der Waals surface area contributed by atoms with Gasteiger partial charge in [-0.25, -0.2) is 0 Å². The Balaban J connectivity index is 2.62. The monoisotopic (exact) mass is 269 g/mol. The zero-order valence-electron chi connectivity index (χ0n) is 11.0. The predicted octanol–water partition coefficient (Wildman–Crippen LogP) is 2.46. The smallest absolute Gasteiger partial charge is 0.143 e. The molecule has 0 aliphatic rings. The number of benzene rings is 1. The Morgan fingerprint density at radius 1 is 1.56 bits per heavy atom. The van der Waals surface area contributed by atoms with E-state index in [1.807, 2.05) is 39.1 Å². The van der Waals surface area contributed by atoms with Gasteiger partial charge in [-0.3, -0.25) is 0 Å². The van der Waals surface area contributed by atoms with E-state index in [1.54, 1.807) is 0 Å². The van der Waals surface area contributed by atoms with Crippen LogP contribution in [-0.4, -0.2) is 29.5 Å². The summed E-state index contributed by atoms with van der Waals surface area (Å²) in [5.74, 6) is 0.251. The highest BCUT2D eigenvalue weighted by atomic mass is 35.5. The fourth-order valence-electron chi connectivity index (χ4n) is 1.80. The average molecular weight is 270 g/mol. The molecule has 0 aromatic heterocycles. The number of nitrogens with zero attached hydrogens (tertiary/aromatic N) is 2. The van der Waals surface area contributed by atoms with Gasteiger partial charge in [0.15, 0.2) is 0 Å². The molecule has 1 rings (SSSR count). The van der Waals surface area contributed by atoms with Crippen molar-refractivity contribution in [3.05, 3.63) is 34.3 Å². The molecule has 0 saturated carbocycles. The third-order valence-electron chi connectivity index (χ3n) is 2.85. The summed E-state index contributed by atoms with van der Waals surface area (Å²) in [5.41, 5.74) is 7.78. The summed E-state index contributed by atoms with van der Waals surface area (Å²) in [7, 11) is 1.98. The van der Waals surface area contributed by atoms with Crippen LogP contribution in [0, 0.1) is 12.8 Å². The number of nitrogens with two attached hydrogens (primary N) is 1. The molecule has 4 nitrogen and oxygen atoms in total. The molecule has 0 aliphatic carbocycles. The van der Waals surface area contributed by atoms with Crippen molar-refractivity contribution < 1.29 is 5.21 Å². The van der Waals surface area contributed by atoms with Gasteiger partial charge in [-0.15, -0.1) is 0 Å². The van der Waals surface area contributed by atoms with Crippen molar-refractivity contribution in [1.82, 2.24) is 4.90 Å². The maximum Gasteiger partial charge on any atom is 0.143 e. The summed E-state index contributed by atoms with van der Waals surface area (Å²) in [6.07, 6.45) is 0. The van der Waals surface area contributed by atoms with Gasteiger partial charge in [-0.1, -0.05) is 35.8 Å². The lowest BCUT2D eigenvalue weighted by Gasteiger charge is -2.21. The molecule has 0 amide bonds. The lowest BCUT2D eigenvalue weighted by atomic mass is 10.1. The Kier molecular flexibility index (Phi) is 5.44. The molecule has 0 heterocycles. The Hall–Kier alpha value is -1.26. The molecule has 1 unspecified atom stereocenters. The molecule has 1 aromatic rings. The summed E-state index contributed by atoms with van der Waals surface area (Å²) < 4.78 is 0. The standard InChI is InChI=1S/C13H20ClN3O/c1-9-4-5-11(12(14)6-9)8-17(3)7-10(2)13(15)16-18/h4-6,10,18H,7-8H2,1-3H3,(H2,15,16). The summed E-state index contributed by atoms with van der Waals surface area (Å²) in [6.45, 7) is 5.38. The van der Waals surface area contributed by atoms with E-state index in [0.717, 1.165) is 22.7 Å². The summed E-state index contributed by atoms with van der Waals surface area (Å²) in [5, 5.41) is 12.4. The normalized spacial score (nSPS) is 13.9. The lowest BCUT2D eigenvalue weighted by molar-refractivity contribution is 0.290. The zero-order chi connectivity index (χ0) is 13.7. The Morgan fingerprint density at radius 2 is 2.22 bits per heavy atom. The van der Waals surface area contributed by atoms with Crippen LogP contribution in [0.15, 0.2) is 23.4 Å².